The summed E-state index contributed by atoms with van der Waals surface area (Å²) in [5.74, 6) is 2.31. The van der Waals surface area contributed by atoms with E-state index in [0.717, 1.165) is 56.4 Å². The van der Waals surface area contributed by atoms with E-state index in [4.69, 9.17) is 4.98 Å². The number of carbonyl (C=O) groups excluding carboxylic acids is 1. The minimum atomic E-state index is 0.337. The molecule has 0 radical (unpaired) electrons. The van der Waals surface area contributed by atoms with Crippen LogP contribution in [0, 0.1) is 17.8 Å². The fourth-order valence-electron chi connectivity index (χ4n) is 5.20. The van der Waals surface area contributed by atoms with Crippen molar-refractivity contribution in [2.75, 3.05) is 26.2 Å². The summed E-state index contributed by atoms with van der Waals surface area (Å²) in [7, 11) is 0. The Morgan fingerprint density at radius 3 is 2.72 bits per heavy atom. The number of piperazine rings is 1. The predicted octanol–water partition coefficient (Wildman–Crippen LogP) is 2.41. The van der Waals surface area contributed by atoms with Crippen LogP contribution in [-0.4, -0.2) is 51.3 Å². The van der Waals surface area contributed by atoms with Crippen LogP contribution in [0.3, 0.4) is 0 Å². The van der Waals surface area contributed by atoms with Gasteiger partial charge in [0, 0.05) is 51.0 Å². The molecule has 1 amide bonds. The lowest BCUT2D eigenvalue weighted by atomic mass is 9.87. The molecule has 5 heteroatoms. The highest BCUT2D eigenvalue weighted by Crippen LogP contribution is 2.48. The van der Waals surface area contributed by atoms with Crippen LogP contribution in [0.4, 0.5) is 0 Å². The number of imidazole rings is 1. The first-order chi connectivity index (χ1) is 12.3. The fraction of sp³-hybridized carbons (Fsp3) is 0.600. The van der Waals surface area contributed by atoms with E-state index in [0.29, 0.717) is 17.7 Å². The predicted molar refractivity (Wildman–Crippen MR) is 96.0 cm³/mol. The summed E-state index contributed by atoms with van der Waals surface area (Å²) in [6, 6.07) is 6.08. The van der Waals surface area contributed by atoms with Crippen LogP contribution in [0.2, 0.25) is 0 Å². The number of nitrogens with zero attached hydrogens (tertiary/aromatic N) is 4. The maximum atomic E-state index is 12.9. The first-order valence-corrected chi connectivity index (χ1v) is 9.70. The Labute approximate surface area is 148 Å². The molecule has 0 aromatic carbocycles. The zero-order valence-electron chi connectivity index (χ0n) is 14.7. The fourth-order valence-corrected chi connectivity index (χ4v) is 5.20. The Bertz CT molecular complexity index is 744. The van der Waals surface area contributed by atoms with Crippen molar-refractivity contribution < 1.29 is 4.79 Å². The first kappa shape index (κ1) is 15.4. The van der Waals surface area contributed by atoms with Gasteiger partial charge in [-0.25, -0.2) is 4.98 Å². The zero-order chi connectivity index (χ0) is 16.8. The SMILES string of the molecule is O=C([C@H]1C[C@H]2CC[C@@H]1C2)N1CCN(Cc2cn3ccccc3n2)CC1. The third kappa shape index (κ3) is 2.84. The molecule has 3 aliphatic rings. The molecule has 2 saturated carbocycles. The van der Waals surface area contributed by atoms with Crippen LogP contribution in [0.1, 0.15) is 31.4 Å². The molecule has 25 heavy (non-hydrogen) atoms. The molecule has 1 aliphatic heterocycles. The smallest absolute Gasteiger partial charge is 0.226 e. The van der Waals surface area contributed by atoms with Crippen LogP contribution in [0.5, 0.6) is 0 Å². The molecule has 5 rings (SSSR count). The van der Waals surface area contributed by atoms with Gasteiger partial charge in [-0.15, -0.1) is 0 Å². The molecule has 132 valence electrons. The van der Waals surface area contributed by atoms with Gasteiger partial charge in [-0.1, -0.05) is 12.5 Å². The van der Waals surface area contributed by atoms with E-state index < -0.39 is 0 Å². The van der Waals surface area contributed by atoms with Gasteiger partial charge < -0.3 is 9.30 Å². The normalized spacial score (nSPS) is 29.6. The van der Waals surface area contributed by atoms with Gasteiger partial charge in [0.15, 0.2) is 0 Å². The third-order valence-corrected chi connectivity index (χ3v) is 6.54. The van der Waals surface area contributed by atoms with Crippen molar-refractivity contribution in [3.63, 3.8) is 0 Å². The molecule has 5 nitrogen and oxygen atoms in total. The maximum Gasteiger partial charge on any atom is 0.226 e. The number of amides is 1. The van der Waals surface area contributed by atoms with Crippen molar-refractivity contribution in [3.8, 4) is 0 Å². The van der Waals surface area contributed by atoms with Gasteiger partial charge in [0.05, 0.1) is 5.69 Å². The molecule has 3 fully saturated rings. The van der Waals surface area contributed by atoms with E-state index in [2.05, 4.69) is 20.4 Å². The first-order valence-electron chi connectivity index (χ1n) is 9.70. The lowest BCUT2D eigenvalue weighted by Gasteiger charge is -2.37. The topological polar surface area (TPSA) is 40.9 Å². The van der Waals surface area contributed by atoms with Crippen LogP contribution in [-0.2, 0) is 11.3 Å². The Balaban J connectivity index is 1.18. The molecule has 3 atom stereocenters. The van der Waals surface area contributed by atoms with Crippen LogP contribution < -0.4 is 0 Å². The average Bonchev–Trinajstić information content (AvgIpc) is 3.36. The minimum absolute atomic E-state index is 0.337. The van der Waals surface area contributed by atoms with E-state index in [1.54, 1.807) is 0 Å². The Hall–Kier alpha value is -1.88. The van der Waals surface area contributed by atoms with Gasteiger partial charge in [0.2, 0.25) is 5.91 Å². The molecule has 0 spiro atoms. The van der Waals surface area contributed by atoms with Gasteiger partial charge in [0.1, 0.15) is 5.65 Å². The highest BCUT2D eigenvalue weighted by Gasteiger charge is 2.44. The van der Waals surface area contributed by atoms with Crippen molar-refractivity contribution >= 4 is 11.6 Å². The highest BCUT2D eigenvalue weighted by atomic mass is 16.2. The number of hydrogen-bond acceptors (Lipinski definition) is 3. The summed E-state index contributed by atoms with van der Waals surface area (Å²) < 4.78 is 2.07. The van der Waals surface area contributed by atoms with Gasteiger partial charge in [-0.05, 0) is 43.2 Å². The van der Waals surface area contributed by atoms with E-state index in [1.165, 1.54) is 19.3 Å². The van der Waals surface area contributed by atoms with E-state index >= 15 is 0 Å². The van der Waals surface area contributed by atoms with E-state index in [9.17, 15) is 4.79 Å². The largest absolute Gasteiger partial charge is 0.340 e. The lowest BCUT2D eigenvalue weighted by Crippen LogP contribution is -2.50. The molecule has 2 bridgehead atoms. The highest BCUT2D eigenvalue weighted by molar-refractivity contribution is 5.79. The van der Waals surface area contributed by atoms with Gasteiger partial charge in [-0.3, -0.25) is 9.69 Å². The number of hydrogen-bond donors (Lipinski definition) is 0. The van der Waals surface area contributed by atoms with Gasteiger partial charge in [0.25, 0.3) is 0 Å². The Morgan fingerprint density at radius 1 is 1.12 bits per heavy atom. The second-order valence-corrected chi connectivity index (χ2v) is 8.08. The summed E-state index contributed by atoms with van der Waals surface area (Å²) in [5, 5.41) is 0. The van der Waals surface area contributed by atoms with Crippen LogP contribution >= 0.6 is 0 Å². The molecule has 2 aromatic rings. The molecule has 2 aliphatic carbocycles. The third-order valence-electron chi connectivity index (χ3n) is 6.54. The lowest BCUT2D eigenvalue weighted by molar-refractivity contribution is -0.139. The zero-order valence-corrected chi connectivity index (χ0v) is 14.7. The van der Waals surface area contributed by atoms with Crippen LogP contribution in [0.15, 0.2) is 30.6 Å². The number of aromatic nitrogens is 2. The number of carbonyl (C=O) groups is 1. The summed E-state index contributed by atoms with van der Waals surface area (Å²) in [4.78, 5) is 22.1. The standard InChI is InChI=1S/C20H26N4O/c25-20(18-12-15-4-5-16(18)11-15)23-9-7-22(8-10-23)13-17-14-24-6-2-1-3-19(24)21-17/h1-3,6,14-16,18H,4-5,7-13H2/t15-,16+,18-/m0/s1. The molecular formula is C20H26N4O. The Kier molecular flexibility index (Phi) is 3.77. The second-order valence-electron chi connectivity index (χ2n) is 8.08. The van der Waals surface area contributed by atoms with Crippen molar-refractivity contribution in [1.82, 2.24) is 19.2 Å². The van der Waals surface area contributed by atoms with Gasteiger partial charge >= 0.3 is 0 Å². The summed E-state index contributed by atoms with van der Waals surface area (Å²) in [5.41, 5.74) is 2.11. The molecule has 2 aromatic heterocycles. The summed E-state index contributed by atoms with van der Waals surface area (Å²) in [6.45, 7) is 4.54. The summed E-state index contributed by atoms with van der Waals surface area (Å²) >= 11 is 0. The number of rotatable bonds is 3. The monoisotopic (exact) mass is 338 g/mol. The maximum absolute atomic E-state index is 12.9. The van der Waals surface area contributed by atoms with Crippen molar-refractivity contribution in [1.29, 1.82) is 0 Å². The molecular weight excluding hydrogens is 312 g/mol. The Morgan fingerprint density at radius 2 is 2.00 bits per heavy atom. The number of fused-ring (bicyclic) bond motifs is 3. The molecule has 0 unspecified atom stereocenters. The summed E-state index contributed by atoms with van der Waals surface area (Å²) in [6.07, 6.45) is 9.27. The number of pyridine rings is 1. The van der Waals surface area contributed by atoms with Crippen LogP contribution in [0.25, 0.3) is 5.65 Å². The van der Waals surface area contributed by atoms with Crippen molar-refractivity contribution in [3.05, 3.63) is 36.3 Å². The average molecular weight is 338 g/mol. The van der Waals surface area contributed by atoms with Crippen molar-refractivity contribution in [2.45, 2.75) is 32.2 Å². The van der Waals surface area contributed by atoms with Gasteiger partial charge in [-0.2, -0.15) is 0 Å². The van der Waals surface area contributed by atoms with Crippen molar-refractivity contribution in [2.24, 2.45) is 17.8 Å². The molecule has 0 N–H and O–H groups in total. The minimum Gasteiger partial charge on any atom is -0.340 e. The van der Waals surface area contributed by atoms with E-state index in [-0.39, 0.29) is 0 Å². The second kappa shape index (κ2) is 6.13. The molecule has 3 heterocycles. The van der Waals surface area contributed by atoms with E-state index in [1.807, 2.05) is 24.4 Å². The quantitative estimate of drug-likeness (QED) is 0.863. The molecule has 1 saturated heterocycles.